The van der Waals surface area contributed by atoms with Crippen LogP contribution in [0.2, 0.25) is 0 Å². The third kappa shape index (κ3) is 3.39. The van der Waals surface area contributed by atoms with Crippen LogP contribution in [0.5, 0.6) is 0 Å². The minimum atomic E-state index is 0.0308. The van der Waals surface area contributed by atoms with E-state index in [0.29, 0.717) is 6.54 Å². The van der Waals surface area contributed by atoms with Crippen molar-refractivity contribution in [1.29, 1.82) is 0 Å². The second-order valence-corrected chi connectivity index (χ2v) is 6.35. The zero-order valence-electron chi connectivity index (χ0n) is 11.6. The fourth-order valence-corrected chi connectivity index (χ4v) is 2.03. The predicted molar refractivity (Wildman–Crippen MR) is 78.2 cm³/mol. The van der Waals surface area contributed by atoms with Gasteiger partial charge >= 0.3 is 0 Å². The molecule has 1 heterocycles. The molecule has 0 amide bonds. The Bertz CT molecular complexity index is 571. The summed E-state index contributed by atoms with van der Waals surface area (Å²) in [6.07, 6.45) is 0. The van der Waals surface area contributed by atoms with E-state index in [1.54, 1.807) is 4.68 Å². The van der Waals surface area contributed by atoms with Crippen molar-refractivity contribution in [3.8, 4) is 5.69 Å². The number of aromatic nitrogens is 4. The van der Waals surface area contributed by atoms with Gasteiger partial charge in [0.2, 0.25) is 0 Å². The lowest BCUT2D eigenvalue weighted by Gasteiger charge is -2.20. The standard InChI is InChI=1S/C13H18BrN5/c1-9-10(14)6-5-7-11(9)19-12(16-17-18-19)8-15-13(2,3)4/h5-7,15H,8H2,1-4H3. The Labute approximate surface area is 121 Å². The lowest BCUT2D eigenvalue weighted by Crippen LogP contribution is -2.36. The largest absolute Gasteiger partial charge is 0.305 e. The minimum absolute atomic E-state index is 0.0308. The van der Waals surface area contributed by atoms with Crippen molar-refractivity contribution in [1.82, 2.24) is 25.5 Å². The highest BCUT2D eigenvalue weighted by molar-refractivity contribution is 9.10. The van der Waals surface area contributed by atoms with Crippen LogP contribution < -0.4 is 5.32 Å². The maximum Gasteiger partial charge on any atom is 0.170 e. The van der Waals surface area contributed by atoms with Crippen LogP contribution in [-0.4, -0.2) is 25.7 Å². The van der Waals surface area contributed by atoms with Crippen molar-refractivity contribution in [3.63, 3.8) is 0 Å². The van der Waals surface area contributed by atoms with Crippen LogP contribution in [0, 0.1) is 6.92 Å². The van der Waals surface area contributed by atoms with Gasteiger partial charge in [0.25, 0.3) is 0 Å². The molecular formula is C13H18BrN5. The van der Waals surface area contributed by atoms with Crippen molar-refractivity contribution in [2.45, 2.75) is 39.8 Å². The van der Waals surface area contributed by atoms with Crippen molar-refractivity contribution >= 4 is 15.9 Å². The molecule has 0 unspecified atom stereocenters. The van der Waals surface area contributed by atoms with E-state index in [4.69, 9.17) is 0 Å². The van der Waals surface area contributed by atoms with E-state index in [2.05, 4.69) is 57.5 Å². The number of hydrogen-bond donors (Lipinski definition) is 1. The Morgan fingerprint density at radius 2 is 2.05 bits per heavy atom. The first kappa shape index (κ1) is 14.1. The van der Waals surface area contributed by atoms with Gasteiger partial charge in [-0.25, -0.2) is 0 Å². The smallest absolute Gasteiger partial charge is 0.170 e. The number of nitrogens with zero attached hydrogens (tertiary/aromatic N) is 4. The van der Waals surface area contributed by atoms with E-state index in [-0.39, 0.29) is 5.54 Å². The van der Waals surface area contributed by atoms with E-state index >= 15 is 0 Å². The van der Waals surface area contributed by atoms with Gasteiger partial charge in [0, 0.05) is 10.0 Å². The first-order chi connectivity index (χ1) is 8.88. The summed E-state index contributed by atoms with van der Waals surface area (Å²) >= 11 is 3.53. The maximum absolute atomic E-state index is 4.09. The molecule has 0 aliphatic heterocycles. The molecular weight excluding hydrogens is 306 g/mol. The van der Waals surface area contributed by atoms with Gasteiger partial charge in [-0.3, -0.25) is 0 Å². The number of nitrogens with one attached hydrogen (secondary N) is 1. The Morgan fingerprint density at radius 3 is 2.74 bits per heavy atom. The molecule has 0 fully saturated rings. The fraction of sp³-hybridized carbons (Fsp3) is 0.462. The molecule has 0 aliphatic carbocycles. The molecule has 2 rings (SSSR count). The van der Waals surface area contributed by atoms with E-state index in [9.17, 15) is 0 Å². The van der Waals surface area contributed by atoms with Crippen LogP contribution in [0.4, 0.5) is 0 Å². The van der Waals surface area contributed by atoms with E-state index in [0.717, 1.165) is 21.5 Å². The van der Waals surface area contributed by atoms with Gasteiger partial charge in [-0.2, -0.15) is 4.68 Å². The zero-order chi connectivity index (χ0) is 14.0. The van der Waals surface area contributed by atoms with E-state index < -0.39 is 0 Å². The summed E-state index contributed by atoms with van der Waals surface area (Å²) in [5, 5.41) is 15.3. The number of hydrogen-bond acceptors (Lipinski definition) is 4. The van der Waals surface area contributed by atoms with Gasteiger partial charge in [0.1, 0.15) is 0 Å². The van der Waals surface area contributed by atoms with E-state index in [1.165, 1.54) is 0 Å². The molecule has 19 heavy (non-hydrogen) atoms. The maximum atomic E-state index is 4.09. The molecule has 6 heteroatoms. The molecule has 0 saturated carbocycles. The van der Waals surface area contributed by atoms with E-state index in [1.807, 2.05) is 25.1 Å². The molecule has 2 aromatic rings. The number of tetrazole rings is 1. The van der Waals surface area contributed by atoms with Crippen molar-refractivity contribution < 1.29 is 0 Å². The molecule has 1 N–H and O–H groups in total. The average Bonchev–Trinajstić information content (AvgIpc) is 2.77. The van der Waals surface area contributed by atoms with Gasteiger partial charge in [-0.05, 0) is 55.8 Å². The molecule has 102 valence electrons. The number of halogens is 1. The van der Waals surface area contributed by atoms with Crippen molar-refractivity contribution in [2.75, 3.05) is 0 Å². The number of benzene rings is 1. The van der Waals surface area contributed by atoms with Crippen LogP contribution in [0.25, 0.3) is 5.69 Å². The molecule has 0 saturated heterocycles. The quantitative estimate of drug-likeness (QED) is 0.943. The second kappa shape index (κ2) is 5.38. The lowest BCUT2D eigenvalue weighted by molar-refractivity contribution is 0.415. The highest BCUT2D eigenvalue weighted by Crippen LogP contribution is 2.22. The predicted octanol–water partition coefficient (Wildman–Crippen LogP) is 2.62. The highest BCUT2D eigenvalue weighted by atomic mass is 79.9. The van der Waals surface area contributed by atoms with Gasteiger partial charge in [0.15, 0.2) is 5.82 Å². The molecule has 0 atom stereocenters. The Hall–Kier alpha value is -1.27. The summed E-state index contributed by atoms with van der Waals surface area (Å²) in [6, 6.07) is 6.00. The van der Waals surface area contributed by atoms with Crippen LogP contribution in [0.1, 0.15) is 32.2 Å². The van der Waals surface area contributed by atoms with Crippen LogP contribution >= 0.6 is 15.9 Å². The molecule has 1 aromatic carbocycles. The summed E-state index contributed by atoms with van der Waals surface area (Å²) in [5.74, 6) is 0.802. The van der Waals surface area contributed by atoms with Crippen LogP contribution in [0.15, 0.2) is 22.7 Å². The molecule has 0 spiro atoms. The third-order valence-corrected chi connectivity index (χ3v) is 3.64. The van der Waals surface area contributed by atoms with Gasteiger partial charge in [-0.15, -0.1) is 5.10 Å². The summed E-state index contributed by atoms with van der Waals surface area (Å²) in [4.78, 5) is 0. The lowest BCUT2D eigenvalue weighted by atomic mass is 10.1. The minimum Gasteiger partial charge on any atom is -0.305 e. The SMILES string of the molecule is Cc1c(Br)cccc1-n1nnnc1CNC(C)(C)C. The highest BCUT2D eigenvalue weighted by Gasteiger charge is 2.15. The van der Waals surface area contributed by atoms with Crippen LogP contribution in [0.3, 0.4) is 0 Å². The summed E-state index contributed by atoms with van der Waals surface area (Å²) < 4.78 is 2.83. The molecule has 0 aliphatic rings. The van der Waals surface area contributed by atoms with Gasteiger partial charge in [-0.1, -0.05) is 22.0 Å². The Kier molecular flexibility index (Phi) is 4.01. The summed E-state index contributed by atoms with van der Waals surface area (Å²) in [5.41, 5.74) is 2.14. The number of rotatable bonds is 3. The Balaban J connectivity index is 2.31. The monoisotopic (exact) mass is 323 g/mol. The molecule has 1 aromatic heterocycles. The first-order valence-electron chi connectivity index (χ1n) is 6.16. The topological polar surface area (TPSA) is 55.6 Å². The third-order valence-electron chi connectivity index (χ3n) is 2.78. The Morgan fingerprint density at radius 1 is 1.32 bits per heavy atom. The molecule has 0 radical (unpaired) electrons. The zero-order valence-corrected chi connectivity index (χ0v) is 13.2. The molecule has 5 nitrogen and oxygen atoms in total. The first-order valence-corrected chi connectivity index (χ1v) is 6.95. The van der Waals surface area contributed by atoms with Crippen LogP contribution in [-0.2, 0) is 6.54 Å². The fourth-order valence-electron chi connectivity index (χ4n) is 1.67. The normalized spacial score (nSPS) is 11.8. The summed E-state index contributed by atoms with van der Waals surface area (Å²) in [7, 11) is 0. The van der Waals surface area contributed by atoms with Gasteiger partial charge < -0.3 is 5.32 Å². The van der Waals surface area contributed by atoms with Crippen molar-refractivity contribution in [3.05, 3.63) is 34.1 Å². The van der Waals surface area contributed by atoms with Crippen molar-refractivity contribution in [2.24, 2.45) is 0 Å². The molecule has 0 bridgehead atoms. The average molecular weight is 324 g/mol. The van der Waals surface area contributed by atoms with Gasteiger partial charge in [0.05, 0.1) is 12.2 Å². The second-order valence-electron chi connectivity index (χ2n) is 5.49. The summed E-state index contributed by atoms with van der Waals surface area (Å²) in [6.45, 7) is 9.02.